The lowest BCUT2D eigenvalue weighted by Crippen LogP contribution is -2.17. The Kier molecular flexibility index (Phi) is 5.75. The van der Waals surface area contributed by atoms with Crippen molar-refractivity contribution in [3.63, 3.8) is 0 Å². The molecular weight excluding hydrogens is 321 g/mol. The van der Waals surface area contributed by atoms with E-state index in [1.54, 1.807) is 6.07 Å². The van der Waals surface area contributed by atoms with Crippen LogP contribution >= 0.6 is 11.8 Å². The molecule has 0 saturated heterocycles. The molecule has 0 fully saturated rings. The molecule has 0 aliphatic rings. The van der Waals surface area contributed by atoms with Crippen molar-refractivity contribution in [1.29, 1.82) is 0 Å². The number of hydrogen-bond acceptors (Lipinski definition) is 5. The van der Waals surface area contributed by atoms with Gasteiger partial charge in [-0.15, -0.1) is 0 Å². The number of anilines is 1. The number of carbonyl (C=O) groups excluding carboxylic acids is 1. The van der Waals surface area contributed by atoms with Crippen molar-refractivity contribution in [3.05, 3.63) is 46.0 Å². The second-order valence-corrected chi connectivity index (χ2v) is 5.70. The van der Waals surface area contributed by atoms with E-state index in [9.17, 15) is 19.1 Å². The summed E-state index contributed by atoms with van der Waals surface area (Å²) in [6.07, 6.45) is 1.13. The average Bonchev–Trinajstić information content (AvgIpc) is 2.51. The van der Waals surface area contributed by atoms with Crippen LogP contribution in [0, 0.1) is 5.82 Å². The molecular formula is C15H16FN3O3S. The van der Waals surface area contributed by atoms with Gasteiger partial charge in [-0.2, -0.15) is 4.98 Å². The smallest absolute Gasteiger partial charge is 0.258 e. The quantitative estimate of drug-likeness (QED) is 0.555. The van der Waals surface area contributed by atoms with Crippen LogP contribution in [0.5, 0.6) is 5.88 Å². The molecule has 2 aromatic rings. The van der Waals surface area contributed by atoms with E-state index >= 15 is 0 Å². The Balaban J connectivity index is 1.99. The molecule has 0 saturated carbocycles. The summed E-state index contributed by atoms with van der Waals surface area (Å²) in [7, 11) is 0. The molecule has 0 aliphatic carbocycles. The first kappa shape index (κ1) is 17.0. The largest absolute Gasteiger partial charge is 0.493 e. The number of rotatable bonds is 6. The summed E-state index contributed by atoms with van der Waals surface area (Å²) in [5.74, 6) is -1.38. The van der Waals surface area contributed by atoms with Crippen LogP contribution in [-0.2, 0) is 11.2 Å². The number of aromatic hydroxyl groups is 1. The Labute approximate surface area is 136 Å². The van der Waals surface area contributed by atoms with Gasteiger partial charge in [0.15, 0.2) is 5.16 Å². The van der Waals surface area contributed by atoms with Crippen molar-refractivity contribution in [2.24, 2.45) is 0 Å². The minimum absolute atomic E-state index is 0.0795. The molecule has 122 valence electrons. The molecule has 3 N–H and O–H groups in total. The van der Waals surface area contributed by atoms with Crippen LogP contribution in [0.4, 0.5) is 10.1 Å². The van der Waals surface area contributed by atoms with Crippen LogP contribution in [0.3, 0.4) is 0 Å². The molecule has 8 heteroatoms. The van der Waals surface area contributed by atoms with Crippen LogP contribution in [0.15, 0.2) is 34.2 Å². The molecule has 1 aromatic carbocycles. The predicted molar refractivity (Wildman–Crippen MR) is 86.3 cm³/mol. The van der Waals surface area contributed by atoms with E-state index in [0.717, 1.165) is 11.8 Å². The minimum atomic E-state index is -0.529. The molecule has 0 unspecified atom stereocenters. The molecule has 2 rings (SSSR count). The number of carbonyl (C=O) groups is 1. The number of hydrogen-bond donors (Lipinski definition) is 3. The van der Waals surface area contributed by atoms with E-state index < -0.39 is 17.3 Å². The first-order valence-electron chi connectivity index (χ1n) is 7.00. The third-order valence-corrected chi connectivity index (χ3v) is 3.83. The Morgan fingerprint density at radius 1 is 1.43 bits per heavy atom. The molecule has 23 heavy (non-hydrogen) atoms. The lowest BCUT2D eigenvalue weighted by molar-refractivity contribution is -0.113. The summed E-state index contributed by atoms with van der Waals surface area (Å²) in [6.45, 7) is 1.88. The number of aromatic amines is 1. The van der Waals surface area contributed by atoms with Crippen LogP contribution < -0.4 is 10.9 Å². The highest BCUT2D eigenvalue weighted by Gasteiger charge is 2.12. The number of thioether (sulfide) groups is 1. The number of aromatic nitrogens is 2. The predicted octanol–water partition coefficient (Wildman–Crippen LogP) is 2.30. The molecule has 1 aromatic heterocycles. The molecule has 0 radical (unpaired) electrons. The Hall–Kier alpha value is -2.35. The highest BCUT2D eigenvalue weighted by atomic mass is 32.2. The van der Waals surface area contributed by atoms with Crippen LogP contribution in [0.25, 0.3) is 0 Å². The van der Waals surface area contributed by atoms with Gasteiger partial charge in [0.25, 0.3) is 5.56 Å². The van der Waals surface area contributed by atoms with Crippen LogP contribution in [0.2, 0.25) is 0 Å². The van der Waals surface area contributed by atoms with Gasteiger partial charge < -0.3 is 15.4 Å². The maximum Gasteiger partial charge on any atom is 0.258 e. The number of H-pyrrole nitrogens is 1. The molecule has 0 atom stereocenters. The summed E-state index contributed by atoms with van der Waals surface area (Å²) in [5.41, 5.74) is -0.107. The van der Waals surface area contributed by atoms with E-state index in [-0.39, 0.29) is 28.0 Å². The Bertz CT molecular complexity index is 764. The molecule has 1 amide bonds. The zero-order valence-electron chi connectivity index (χ0n) is 12.4. The highest BCUT2D eigenvalue weighted by Crippen LogP contribution is 2.18. The first-order valence-corrected chi connectivity index (χ1v) is 7.99. The van der Waals surface area contributed by atoms with Crippen molar-refractivity contribution >= 4 is 23.4 Å². The second-order valence-electron chi connectivity index (χ2n) is 4.74. The van der Waals surface area contributed by atoms with Gasteiger partial charge in [-0.1, -0.05) is 37.2 Å². The molecule has 0 spiro atoms. The monoisotopic (exact) mass is 337 g/mol. The van der Waals surface area contributed by atoms with Crippen molar-refractivity contribution in [2.45, 2.75) is 24.9 Å². The Morgan fingerprint density at radius 3 is 2.83 bits per heavy atom. The third kappa shape index (κ3) is 4.56. The molecule has 1 heterocycles. The van der Waals surface area contributed by atoms with Crippen LogP contribution in [-0.4, -0.2) is 26.7 Å². The highest BCUT2D eigenvalue weighted by molar-refractivity contribution is 7.99. The zero-order chi connectivity index (χ0) is 16.8. The number of benzene rings is 1. The zero-order valence-corrected chi connectivity index (χ0v) is 13.2. The summed E-state index contributed by atoms with van der Waals surface area (Å²) >= 11 is 0.948. The number of amides is 1. The fourth-order valence-corrected chi connectivity index (χ4v) is 2.55. The van der Waals surface area contributed by atoms with Crippen molar-refractivity contribution in [2.75, 3.05) is 11.1 Å². The number of halogens is 1. The van der Waals surface area contributed by atoms with Crippen molar-refractivity contribution in [1.82, 2.24) is 9.97 Å². The van der Waals surface area contributed by atoms with Gasteiger partial charge in [-0.25, -0.2) is 4.39 Å². The summed E-state index contributed by atoms with van der Waals surface area (Å²) in [5, 5.41) is 12.3. The van der Waals surface area contributed by atoms with Gasteiger partial charge in [0.05, 0.1) is 17.0 Å². The normalized spacial score (nSPS) is 10.5. The first-order chi connectivity index (χ1) is 11.0. The molecule has 6 nitrogen and oxygen atoms in total. The fraction of sp³-hybridized carbons (Fsp3) is 0.267. The van der Waals surface area contributed by atoms with Crippen LogP contribution in [0.1, 0.15) is 18.9 Å². The average molecular weight is 337 g/mol. The lowest BCUT2D eigenvalue weighted by atomic mass is 10.2. The second kappa shape index (κ2) is 7.77. The van der Waals surface area contributed by atoms with E-state index in [1.165, 1.54) is 18.2 Å². The van der Waals surface area contributed by atoms with E-state index in [0.29, 0.717) is 12.8 Å². The third-order valence-electron chi connectivity index (χ3n) is 2.96. The number of nitrogens with one attached hydrogen (secondary N) is 2. The Morgan fingerprint density at radius 2 is 2.17 bits per heavy atom. The standard InChI is InChI=1S/C15H16FN3O3S/c1-2-5-9-13(21)18-15(19-14(9)22)23-8-12(20)17-11-7-4-3-6-10(11)16/h3-4,6-7H,2,5,8H2,1H3,(H,17,20)(H2,18,19,21,22). The van der Waals surface area contributed by atoms with E-state index in [1.807, 2.05) is 6.92 Å². The van der Waals surface area contributed by atoms with Gasteiger partial charge in [-0.3, -0.25) is 9.59 Å². The molecule has 0 aliphatic heterocycles. The lowest BCUT2D eigenvalue weighted by Gasteiger charge is -2.07. The maximum absolute atomic E-state index is 13.4. The van der Waals surface area contributed by atoms with Gasteiger partial charge in [0.2, 0.25) is 11.8 Å². The van der Waals surface area contributed by atoms with Crippen molar-refractivity contribution in [3.8, 4) is 5.88 Å². The van der Waals surface area contributed by atoms with Gasteiger partial charge in [-0.05, 0) is 18.6 Å². The minimum Gasteiger partial charge on any atom is -0.493 e. The maximum atomic E-state index is 13.4. The summed E-state index contributed by atoms with van der Waals surface area (Å²) in [4.78, 5) is 30.0. The fourth-order valence-electron chi connectivity index (χ4n) is 1.89. The SMILES string of the molecule is CCCc1c(O)nc(SCC(=O)Nc2ccccc2F)[nH]c1=O. The number of para-hydroxylation sites is 1. The summed E-state index contributed by atoms with van der Waals surface area (Å²) < 4.78 is 13.4. The van der Waals surface area contributed by atoms with Gasteiger partial charge >= 0.3 is 0 Å². The van der Waals surface area contributed by atoms with Crippen molar-refractivity contribution < 1.29 is 14.3 Å². The topological polar surface area (TPSA) is 95.1 Å². The molecule has 0 bridgehead atoms. The summed E-state index contributed by atoms with van der Waals surface area (Å²) in [6, 6.07) is 5.82. The van der Waals surface area contributed by atoms with E-state index in [4.69, 9.17) is 0 Å². The van der Waals surface area contributed by atoms with Gasteiger partial charge in [0, 0.05) is 0 Å². The number of nitrogens with zero attached hydrogens (tertiary/aromatic N) is 1. The van der Waals surface area contributed by atoms with E-state index in [2.05, 4.69) is 15.3 Å². The van der Waals surface area contributed by atoms with Gasteiger partial charge in [0.1, 0.15) is 5.82 Å².